The first-order valence-corrected chi connectivity index (χ1v) is 25.2. The first kappa shape index (κ1) is 53.5. The summed E-state index contributed by atoms with van der Waals surface area (Å²) in [7, 11) is 0. The summed E-state index contributed by atoms with van der Waals surface area (Å²) in [5.41, 5.74) is 11.2. The second-order valence-corrected chi connectivity index (χ2v) is 19.7. The third-order valence-corrected chi connectivity index (χ3v) is 16.0. The van der Waals surface area contributed by atoms with Crippen molar-refractivity contribution in [2.24, 2.45) is 0 Å². The van der Waals surface area contributed by atoms with Crippen molar-refractivity contribution >= 4 is 5.97 Å². The molecule has 5 rings (SSSR count). The molecule has 0 spiro atoms. The summed E-state index contributed by atoms with van der Waals surface area (Å²) in [6.07, 6.45) is 9.82. The van der Waals surface area contributed by atoms with Gasteiger partial charge in [0.05, 0.1) is 11.2 Å². The molecule has 0 bridgehead atoms. The monoisotopic (exact) mass is 891 g/mol. The third kappa shape index (κ3) is 12.3. The molecule has 3 atom stereocenters. The van der Waals surface area contributed by atoms with Crippen LogP contribution in [-0.4, -0.2) is 45.2 Å². The van der Waals surface area contributed by atoms with E-state index in [9.17, 15) is 20.1 Å². The molecule has 1 saturated heterocycles. The van der Waals surface area contributed by atoms with Crippen molar-refractivity contribution in [1.29, 1.82) is 0 Å². The number of aromatic hydroxyl groups is 1. The number of aliphatic hydroxyl groups is 2. The van der Waals surface area contributed by atoms with Crippen LogP contribution in [0.2, 0.25) is 0 Å². The van der Waals surface area contributed by atoms with Crippen LogP contribution in [0.1, 0.15) is 214 Å². The predicted molar refractivity (Wildman–Crippen MR) is 271 cm³/mol. The summed E-state index contributed by atoms with van der Waals surface area (Å²) in [6, 6.07) is 26.4. The van der Waals surface area contributed by atoms with Gasteiger partial charge in [0.25, 0.3) is 0 Å². The lowest BCUT2D eigenvalue weighted by molar-refractivity contribution is -0.142. The normalized spacial score (nSPS) is 15.6. The quantitative estimate of drug-likeness (QED) is 0.0721. The molecule has 6 heteroatoms. The van der Waals surface area contributed by atoms with E-state index in [4.69, 9.17) is 9.47 Å². The number of hydrogen-bond acceptors (Lipinski definition) is 6. The number of aryl methyl sites for hydroxylation is 4. The number of carbonyl (C=O) groups excluding carboxylic acids is 1. The van der Waals surface area contributed by atoms with Crippen LogP contribution in [0.4, 0.5) is 0 Å². The van der Waals surface area contributed by atoms with Crippen molar-refractivity contribution in [3.63, 3.8) is 0 Å². The Labute approximate surface area is 394 Å². The Morgan fingerprint density at radius 2 is 0.954 bits per heavy atom. The third-order valence-electron chi connectivity index (χ3n) is 16.0. The Morgan fingerprint density at radius 3 is 1.29 bits per heavy atom. The summed E-state index contributed by atoms with van der Waals surface area (Å²) in [5, 5.41) is 31.7. The summed E-state index contributed by atoms with van der Waals surface area (Å²) < 4.78 is 11.3. The number of esters is 1. The molecule has 0 aliphatic carbocycles. The van der Waals surface area contributed by atoms with Crippen LogP contribution in [0, 0.1) is 27.7 Å². The Morgan fingerprint density at radius 1 is 0.569 bits per heavy atom. The van der Waals surface area contributed by atoms with E-state index in [-0.39, 0.29) is 22.9 Å². The summed E-state index contributed by atoms with van der Waals surface area (Å²) in [5.74, 6) is 1.70. The summed E-state index contributed by atoms with van der Waals surface area (Å²) >= 11 is 0. The zero-order chi connectivity index (χ0) is 48.3. The van der Waals surface area contributed by atoms with Gasteiger partial charge < -0.3 is 24.8 Å². The van der Waals surface area contributed by atoms with Crippen LogP contribution in [0.15, 0.2) is 72.8 Å². The molecule has 358 valence electrons. The van der Waals surface area contributed by atoms with E-state index in [1.165, 1.54) is 44.5 Å². The van der Waals surface area contributed by atoms with Gasteiger partial charge in [0.15, 0.2) is 0 Å². The topological polar surface area (TPSA) is 96.2 Å². The summed E-state index contributed by atoms with van der Waals surface area (Å²) in [4.78, 5) is 11.4. The Balaban J connectivity index is 0.000000292. The molecular formula is C59H86O6. The van der Waals surface area contributed by atoms with Crippen molar-refractivity contribution in [3.05, 3.63) is 128 Å². The maximum Gasteiger partial charge on any atom is 0.306 e. The fraction of sp³-hybridized carbons (Fsp3) is 0.576. The average molecular weight is 891 g/mol. The van der Waals surface area contributed by atoms with Gasteiger partial charge in [-0.1, -0.05) is 130 Å². The SMILES string of the molecule is CCC(O)(CC)CC(C)c1ccc(C(CC)(CC)c2ccc(O)c(C)c2)cc1C.CCC(O)(CC)CC(C)c1ccc(C(CC)(CC)c2ccc(OC[C@@H]3CCC(=O)O3)c(C)c2)cc1C. The van der Waals surface area contributed by atoms with Crippen LogP contribution in [0.3, 0.4) is 0 Å². The van der Waals surface area contributed by atoms with E-state index in [2.05, 4.69) is 157 Å². The highest BCUT2D eigenvalue weighted by Gasteiger charge is 2.35. The fourth-order valence-electron chi connectivity index (χ4n) is 10.9. The molecule has 4 aromatic carbocycles. The largest absolute Gasteiger partial charge is 0.508 e. The second-order valence-electron chi connectivity index (χ2n) is 19.7. The Kier molecular flexibility index (Phi) is 19.0. The molecule has 3 N–H and O–H groups in total. The first-order chi connectivity index (χ1) is 30.8. The number of ether oxygens (including phenoxy) is 2. The smallest absolute Gasteiger partial charge is 0.306 e. The van der Waals surface area contributed by atoms with Gasteiger partial charge in [-0.05, 0) is 178 Å². The highest BCUT2D eigenvalue weighted by atomic mass is 16.6. The molecule has 65 heavy (non-hydrogen) atoms. The lowest BCUT2D eigenvalue weighted by Crippen LogP contribution is -2.29. The van der Waals surface area contributed by atoms with E-state index < -0.39 is 11.2 Å². The minimum Gasteiger partial charge on any atom is -0.508 e. The highest BCUT2D eigenvalue weighted by Crippen LogP contribution is 2.44. The number of phenolic OH excluding ortho intramolecular Hbond substituents is 1. The van der Waals surface area contributed by atoms with Crippen molar-refractivity contribution in [3.8, 4) is 11.5 Å². The zero-order valence-electron chi connectivity index (χ0n) is 42.9. The van der Waals surface area contributed by atoms with E-state index in [1.54, 1.807) is 0 Å². The summed E-state index contributed by atoms with van der Waals surface area (Å²) in [6.45, 7) is 30.7. The number of cyclic esters (lactones) is 1. The van der Waals surface area contributed by atoms with Gasteiger partial charge in [-0.15, -0.1) is 0 Å². The van der Waals surface area contributed by atoms with Gasteiger partial charge in [0.1, 0.15) is 24.2 Å². The maximum absolute atomic E-state index is 11.4. The Bertz CT molecular complexity index is 2150. The molecule has 1 heterocycles. The lowest BCUT2D eigenvalue weighted by atomic mass is 9.69. The zero-order valence-corrected chi connectivity index (χ0v) is 42.9. The van der Waals surface area contributed by atoms with Crippen molar-refractivity contribution < 1.29 is 29.6 Å². The van der Waals surface area contributed by atoms with Gasteiger partial charge >= 0.3 is 5.97 Å². The second kappa shape index (κ2) is 23.1. The van der Waals surface area contributed by atoms with Crippen molar-refractivity contribution in [1.82, 2.24) is 0 Å². The Hall–Kier alpha value is -4.13. The maximum atomic E-state index is 11.4. The van der Waals surface area contributed by atoms with Gasteiger partial charge in [0.2, 0.25) is 0 Å². The highest BCUT2D eigenvalue weighted by molar-refractivity contribution is 5.71. The van der Waals surface area contributed by atoms with Gasteiger partial charge in [-0.25, -0.2) is 0 Å². The molecule has 4 aromatic rings. The number of rotatable bonds is 21. The fourth-order valence-corrected chi connectivity index (χ4v) is 10.9. The molecule has 0 radical (unpaired) electrons. The molecule has 1 fully saturated rings. The number of phenols is 1. The van der Waals surface area contributed by atoms with E-state index in [0.29, 0.717) is 30.6 Å². The van der Waals surface area contributed by atoms with Gasteiger partial charge in [0, 0.05) is 17.3 Å². The van der Waals surface area contributed by atoms with Crippen molar-refractivity contribution in [2.45, 2.75) is 214 Å². The molecule has 6 nitrogen and oxygen atoms in total. The number of carbonyl (C=O) groups is 1. The molecule has 2 unspecified atom stereocenters. The molecule has 0 amide bonds. The van der Waals surface area contributed by atoms with E-state index >= 15 is 0 Å². The van der Waals surface area contributed by atoms with Crippen LogP contribution in [0.25, 0.3) is 0 Å². The van der Waals surface area contributed by atoms with E-state index in [1.807, 2.05) is 13.0 Å². The van der Waals surface area contributed by atoms with Crippen LogP contribution >= 0.6 is 0 Å². The van der Waals surface area contributed by atoms with E-state index in [0.717, 1.165) is 87.5 Å². The van der Waals surface area contributed by atoms with Crippen LogP contribution in [0.5, 0.6) is 11.5 Å². The standard InChI is InChI=1S/C32H46O4.C27H40O2/c1-8-31(34,9-2)20-24(7)28-15-12-25(18-22(28)5)32(10-3,11-4)26-13-16-29(23(6)19-26)35-21-27-14-17-30(33)36-27;1-8-26(29,9-2)18-21(7)24-14-12-22(16-19(24)5)27(10-3,11-4)23-13-15-25(28)20(6)17-23/h12-13,15-16,18-19,24,27,34H,8-11,14,17,20-21H2,1-7H3;12-17,21,28-29H,8-11,18H2,1-7H3/t24?,27-;/m0./s1. The minimum absolute atomic E-state index is 0.0570. The van der Waals surface area contributed by atoms with Crippen LogP contribution in [-0.2, 0) is 20.4 Å². The van der Waals surface area contributed by atoms with Crippen molar-refractivity contribution in [2.75, 3.05) is 6.61 Å². The minimum atomic E-state index is -0.595. The molecule has 1 aliphatic heterocycles. The molecular weight excluding hydrogens is 805 g/mol. The van der Waals surface area contributed by atoms with Gasteiger partial charge in [-0.2, -0.15) is 0 Å². The molecule has 0 saturated carbocycles. The number of benzene rings is 4. The number of hydrogen-bond donors (Lipinski definition) is 3. The van der Waals surface area contributed by atoms with Gasteiger partial charge in [-0.3, -0.25) is 4.79 Å². The molecule has 1 aliphatic rings. The predicted octanol–water partition coefficient (Wildman–Crippen LogP) is 14.7. The first-order valence-electron chi connectivity index (χ1n) is 25.2. The van der Waals surface area contributed by atoms with Crippen LogP contribution < -0.4 is 4.74 Å². The average Bonchev–Trinajstić information content (AvgIpc) is 3.73. The lowest BCUT2D eigenvalue weighted by Gasteiger charge is -2.35. The molecule has 0 aromatic heterocycles.